The van der Waals surface area contributed by atoms with Gasteiger partial charge in [0.05, 0.1) is 18.5 Å². The molecule has 4 rings (SSSR count). The SMILES string of the molecule is O=C(NCc1cn(Cc2ccccc2)nc1-c1ccccc1)c1ccco1. The molecule has 2 aromatic heterocycles. The van der Waals surface area contributed by atoms with Crippen LogP contribution in [0.5, 0.6) is 0 Å². The molecule has 0 unspecified atom stereocenters. The lowest BCUT2D eigenvalue weighted by Gasteiger charge is -2.04. The molecule has 5 heteroatoms. The molecule has 27 heavy (non-hydrogen) atoms. The van der Waals surface area contributed by atoms with Crippen molar-refractivity contribution >= 4 is 5.91 Å². The van der Waals surface area contributed by atoms with E-state index in [0.29, 0.717) is 18.8 Å². The monoisotopic (exact) mass is 357 g/mol. The molecule has 0 spiro atoms. The zero-order valence-corrected chi connectivity index (χ0v) is 14.7. The van der Waals surface area contributed by atoms with E-state index in [9.17, 15) is 4.79 Å². The second-order valence-electron chi connectivity index (χ2n) is 6.21. The highest BCUT2D eigenvalue weighted by Crippen LogP contribution is 2.22. The Balaban J connectivity index is 1.59. The Hall–Kier alpha value is -3.60. The van der Waals surface area contributed by atoms with Gasteiger partial charge in [0.15, 0.2) is 5.76 Å². The van der Waals surface area contributed by atoms with E-state index in [1.807, 2.05) is 59.4 Å². The minimum absolute atomic E-state index is 0.241. The van der Waals surface area contributed by atoms with Crippen LogP contribution in [0.2, 0.25) is 0 Å². The molecular weight excluding hydrogens is 338 g/mol. The Morgan fingerprint density at radius 2 is 1.70 bits per heavy atom. The summed E-state index contributed by atoms with van der Waals surface area (Å²) >= 11 is 0. The molecule has 0 saturated heterocycles. The first kappa shape index (κ1) is 16.8. The summed E-state index contributed by atoms with van der Waals surface area (Å²) in [6, 6.07) is 23.5. The highest BCUT2D eigenvalue weighted by molar-refractivity contribution is 5.91. The van der Waals surface area contributed by atoms with Crippen LogP contribution in [0, 0.1) is 0 Å². The van der Waals surface area contributed by atoms with Gasteiger partial charge in [0, 0.05) is 23.9 Å². The highest BCUT2D eigenvalue weighted by Gasteiger charge is 2.14. The normalized spacial score (nSPS) is 10.7. The van der Waals surface area contributed by atoms with Gasteiger partial charge in [-0.15, -0.1) is 0 Å². The first-order chi connectivity index (χ1) is 13.3. The maximum atomic E-state index is 12.2. The molecular formula is C22H19N3O2. The summed E-state index contributed by atoms with van der Waals surface area (Å²) in [6.07, 6.45) is 3.47. The largest absolute Gasteiger partial charge is 0.459 e. The average molecular weight is 357 g/mol. The van der Waals surface area contributed by atoms with Crippen LogP contribution in [0.1, 0.15) is 21.7 Å². The van der Waals surface area contributed by atoms with Gasteiger partial charge < -0.3 is 9.73 Å². The van der Waals surface area contributed by atoms with Crippen molar-refractivity contribution in [2.24, 2.45) is 0 Å². The average Bonchev–Trinajstić information content (AvgIpc) is 3.38. The lowest BCUT2D eigenvalue weighted by molar-refractivity contribution is 0.0923. The molecule has 2 heterocycles. The molecule has 4 aromatic rings. The number of rotatable bonds is 6. The Bertz CT molecular complexity index is 1010. The van der Waals surface area contributed by atoms with Crippen molar-refractivity contribution in [1.82, 2.24) is 15.1 Å². The predicted octanol–water partition coefficient (Wildman–Crippen LogP) is 4.12. The third-order valence-corrected chi connectivity index (χ3v) is 4.26. The maximum Gasteiger partial charge on any atom is 0.287 e. The first-order valence-electron chi connectivity index (χ1n) is 8.77. The predicted molar refractivity (Wildman–Crippen MR) is 103 cm³/mol. The lowest BCUT2D eigenvalue weighted by Crippen LogP contribution is -2.22. The Morgan fingerprint density at radius 1 is 0.963 bits per heavy atom. The van der Waals surface area contributed by atoms with Gasteiger partial charge >= 0.3 is 0 Å². The molecule has 0 aliphatic carbocycles. The standard InChI is InChI=1S/C22H19N3O2/c26-22(20-12-7-13-27-20)23-14-19-16-25(15-17-8-3-1-4-9-17)24-21(19)18-10-5-2-6-11-18/h1-13,16H,14-15H2,(H,23,26). The molecule has 0 fully saturated rings. The molecule has 0 bridgehead atoms. The van der Waals surface area contributed by atoms with Gasteiger partial charge in [-0.25, -0.2) is 0 Å². The minimum Gasteiger partial charge on any atom is -0.459 e. The Kier molecular flexibility index (Phi) is 4.83. The van der Waals surface area contributed by atoms with Gasteiger partial charge in [-0.05, 0) is 17.7 Å². The Labute approximate surface area is 157 Å². The lowest BCUT2D eigenvalue weighted by atomic mass is 10.1. The second-order valence-corrected chi connectivity index (χ2v) is 6.21. The zero-order valence-electron chi connectivity index (χ0n) is 14.7. The van der Waals surface area contributed by atoms with Gasteiger partial charge in [-0.3, -0.25) is 9.48 Å². The fraction of sp³-hybridized carbons (Fsp3) is 0.0909. The summed E-state index contributed by atoms with van der Waals surface area (Å²) in [5, 5.41) is 7.66. The van der Waals surface area contributed by atoms with Gasteiger partial charge in [0.25, 0.3) is 5.91 Å². The fourth-order valence-corrected chi connectivity index (χ4v) is 2.95. The summed E-state index contributed by atoms with van der Waals surface area (Å²) in [5.74, 6) is 0.0581. The van der Waals surface area contributed by atoms with Crippen LogP contribution in [0.25, 0.3) is 11.3 Å². The summed E-state index contributed by atoms with van der Waals surface area (Å²) in [7, 11) is 0. The number of benzene rings is 2. The quantitative estimate of drug-likeness (QED) is 0.565. The molecule has 134 valence electrons. The van der Waals surface area contributed by atoms with Crippen LogP contribution in [-0.4, -0.2) is 15.7 Å². The smallest absolute Gasteiger partial charge is 0.287 e. The van der Waals surface area contributed by atoms with Crippen molar-refractivity contribution in [3.8, 4) is 11.3 Å². The molecule has 2 aromatic carbocycles. The van der Waals surface area contributed by atoms with Crippen molar-refractivity contribution in [2.75, 3.05) is 0 Å². The van der Waals surface area contributed by atoms with Crippen LogP contribution in [0.4, 0.5) is 0 Å². The molecule has 1 amide bonds. The molecule has 0 aliphatic rings. The zero-order chi connectivity index (χ0) is 18.5. The molecule has 0 saturated carbocycles. The number of amides is 1. The molecule has 0 atom stereocenters. The van der Waals surface area contributed by atoms with E-state index >= 15 is 0 Å². The number of nitrogens with one attached hydrogen (secondary N) is 1. The highest BCUT2D eigenvalue weighted by atomic mass is 16.3. The number of carbonyl (C=O) groups is 1. The van der Waals surface area contributed by atoms with Crippen LogP contribution in [0.15, 0.2) is 89.7 Å². The Morgan fingerprint density at radius 3 is 2.41 bits per heavy atom. The van der Waals surface area contributed by atoms with Crippen molar-refractivity contribution in [3.05, 3.63) is 102 Å². The number of hydrogen-bond donors (Lipinski definition) is 1. The summed E-state index contributed by atoms with van der Waals surface area (Å²) in [5.41, 5.74) is 4.01. The van der Waals surface area contributed by atoms with E-state index in [1.165, 1.54) is 11.8 Å². The van der Waals surface area contributed by atoms with Crippen molar-refractivity contribution in [3.63, 3.8) is 0 Å². The van der Waals surface area contributed by atoms with Gasteiger partial charge in [0.1, 0.15) is 0 Å². The molecule has 0 radical (unpaired) electrons. The van der Waals surface area contributed by atoms with E-state index in [0.717, 1.165) is 16.8 Å². The van der Waals surface area contributed by atoms with Crippen molar-refractivity contribution in [2.45, 2.75) is 13.1 Å². The molecule has 5 nitrogen and oxygen atoms in total. The number of hydrogen-bond acceptors (Lipinski definition) is 3. The van der Waals surface area contributed by atoms with E-state index in [4.69, 9.17) is 9.52 Å². The van der Waals surface area contributed by atoms with Gasteiger partial charge in [0.2, 0.25) is 0 Å². The number of aromatic nitrogens is 2. The minimum atomic E-state index is -0.241. The summed E-state index contributed by atoms with van der Waals surface area (Å²) in [4.78, 5) is 12.2. The van der Waals surface area contributed by atoms with Crippen LogP contribution in [-0.2, 0) is 13.1 Å². The maximum absolute atomic E-state index is 12.2. The number of nitrogens with zero attached hydrogens (tertiary/aromatic N) is 2. The topological polar surface area (TPSA) is 60.1 Å². The second kappa shape index (κ2) is 7.74. The van der Waals surface area contributed by atoms with E-state index in [-0.39, 0.29) is 5.91 Å². The summed E-state index contributed by atoms with van der Waals surface area (Å²) in [6.45, 7) is 1.05. The number of carbonyl (C=O) groups excluding carboxylic acids is 1. The molecule has 1 N–H and O–H groups in total. The fourth-order valence-electron chi connectivity index (χ4n) is 2.95. The summed E-state index contributed by atoms with van der Waals surface area (Å²) < 4.78 is 7.06. The van der Waals surface area contributed by atoms with Gasteiger partial charge in [-0.2, -0.15) is 5.10 Å². The van der Waals surface area contributed by atoms with Crippen LogP contribution in [0.3, 0.4) is 0 Å². The first-order valence-corrected chi connectivity index (χ1v) is 8.77. The number of furan rings is 1. The van der Waals surface area contributed by atoms with Gasteiger partial charge in [-0.1, -0.05) is 60.7 Å². The van der Waals surface area contributed by atoms with Crippen LogP contribution >= 0.6 is 0 Å². The van der Waals surface area contributed by atoms with Crippen LogP contribution < -0.4 is 5.32 Å². The molecule has 0 aliphatic heterocycles. The third kappa shape index (κ3) is 3.98. The third-order valence-electron chi connectivity index (χ3n) is 4.26. The van der Waals surface area contributed by atoms with E-state index in [1.54, 1.807) is 12.1 Å². The van der Waals surface area contributed by atoms with E-state index in [2.05, 4.69) is 17.4 Å². The van der Waals surface area contributed by atoms with Crippen molar-refractivity contribution in [1.29, 1.82) is 0 Å². The van der Waals surface area contributed by atoms with Crippen molar-refractivity contribution < 1.29 is 9.21 Å². The van der Waals surface area contributed by atoms with E-state index < -0.39 is 0 Å².